The van der Waals surface area contributed by atoms with E-state index < -0.39 is 0 Å². The Kier molecular flexibility index (Phi) is 6.53. The molecule has 0 aromatic heterocycles. The summed E-state index contributed by atoms with van der Waals surface area (Å²) in [5.41, 5.74) is 2.85. The second-order valence-electron chi connectivity index (χ2n) is 5.36. The Balaban J connectivity index is 2.35. The lowest BCUT2D eigenvalue weighted by Gasteiger charge is -2.28. The van der Waals surface area contributed by atoms with Gasteiger partial charge in [-0.2, -0.15) is 0 Å². The smallest absolute Gasteiger partial charge is 0.0465 e. The molecule has 0 saturated carbocycles. The van der Waals surface area contributed by atoms with E-state index in [0.29, 0.717) is 0 Å². The molecule has 1 aliphatic carbocycles. The van der Waals surface area contributed by atoms with Gasteiger partial charge in [-0.05, 0) is 57.8 Å². The topological polar surface area (TPSA) is 40.5 Å². The van der Waals surface area contributed by atoms with Crippen molar-refractivity contribution in [1.29, 1.82) is 0 Å². The van der Waals surface area contributed by atoms with E-state index in [1.54, 1.807) is 0 Å². The molecule has 2 N–H and O–H groups in total. The molecule has 0 aliphatic heterocycles. The summed E-state index contributed by atoms with van der Waals surface area (Å²) in [5, 5.41) is 18.5. The molecule has 2 unspecified atom stereocenters. The van der Waals surface area contributed by atoms with Gasteiger partial charge in [0.1, 0.15) is 0 Å². The maximum Gasteiger partial charge on any atom is 0.0465 e. The summed E-state index contributed by atoms with van der Waals surface area (Å²) in [6.45, 7) is 4.67. The minimum Gasteiger partial charge on any atom is -0.396 e. The van der Waals surface area contributed by atoms with Crippen molar-refractivity contribution < 1.29 is 10.2 Å². The molecule has 0 amide bonds. The molecule has 1 rings (SSSR count). The molecule has 0 spiro atoms. The normalized spacial score (nSPS) is 24.4. The summed E-state index contributed by atoms with van der Waals surface area (Å²) in [7, 11) is 0. The van der Waals surface area contributed by atoms with Crippen molar-refractivity contribution in [2.45, 2.75) is 46.0 Å². The van der Waals surface area contributed by atoms with E-state index in [1.165, 1.54) is 17.6 Å². The van der Waals surface area contributed by atoms with Crippen LogP contribution in [-0.4, -0.2) is 23.4 Å². The number of hydrogen-bond donors (Lipinski definition) is 2. The van der Waals surface area contributed by atoms with Crippen LogP contribution in [0.25, 0.3) is 0 Å². The van der Waals surface area contributed by atoms with Crippen molar-refractivity contribution >= 4 is 0 Å². The van der Waals surface area contributed by atoms with Crippen molar-refractivity contribution in [3.05, 3.63) is 23.3 Å². The van der Waals surface area contributed by atoms with Crippen LogP contribution in [0.5, 0.6) is 0 Å². The van der Waals surface area contributed by atoms with Gasteiger partial charge in [0.2, 0.25) is 0 Å². The van der Waals surface area contributed by atoms with Gasteiger partial charge in [0, 0.05) is 13.2 Å². The van der Waals surface area contributed by atoms with E-state index in [1.807, 2.05) is 0 Å². The van der Waals surface area contributed by atoms with Crippen molar-refractivity contribution in [1.82, 2.24) is 0 Å². The number of hydrogen-bond acceptors (Lipinski definition) is 2. The summed E-state index contributed by atoms with van der Waals surface area (Å²) in [5.74, 6) is 0.532. The third-order valence-electron chi connectivity index (χ3n) is 3.62. The molecule has 0 saturated heterocycles. The van der Waals surface area contributed by atoms with Crippen LogP contribution in [0.1, 0.15) is 46.0 Å². The van der Waals surface area contributed by atoms with Crippen LogP contribution in [0.2, 0.25) is 0 Å². The lowest BCUT2D eigenvalue weighted by atomic mass is 9.79. The van der Waals surface area contributed by atoms with Gasteiger partial charge in [0.15, 0.2) is 0 Å². The predicted octanol–water partition coefficient (Wildman–Crippen LogP) is 3.06. The monoisotopic (exact) mass is 238 g/mol. The predicted molar refractivity (Wildman–Crippen MR) is 71.8 cm³/mol. The molecule has 0 radical (unpaired) electrons. The summed E-state index contributed by atoms with van der Waals surface area (Å²) in [4.78, 5) is 0. The zero-order valence-corrected chi connectivity index (χ0v) is 11.2. The van der Waals surface area contributed by atoms with E-state index in [-0.39, 0.29) is 25.0 Å². The summed E-state index contributed by atoms with van der Waals surface area (Å²) in [6.07, 6.45) is 9.93. The van der Waals surface area contributed by atoms with Crippen molar-refractivity contribution in [2.75, 3.05) is 13.2 Å². The van der Waals surface area contributed by atoms with Crippen molar-refractivity contribution in [3.8, 4) is 0 Å². The molecule has 98 valence electrons. The number of aliphatic hydroxyl groups is 2. The van der Waals surface area contributed by atoms with Gasteiger partial charge in [0.05, 0.1) is 0 Å². The zero-order valence-electron chi connectivity index (χ0n) is 11.2. The van der Waals surface area contributed by atoms with Crippen molar-refractivity contribution in [2.24, 2.45) is 11.8 Å². The Hall–Kier alpha value is -0.600. The molecule has 2 atom stereocenters. The molecule has 17 heavy (non-hydrogen) atoms. The van der Waals surface area contributed by atoms with E-state index in [4.69, 9.17) is 0 Å². The first-order valence-electron chi connectivity index (χ1n) is 6.70. The molecule has 0 fully saturated rings. The molecular weight excluding hydrogens is 212 g/mol. The van der Waals surface area contributed by atoms with Gasteiger partial charge in [-0.3, -0.25) is 0 Å². The summed E-state index contributed by atoms with van der Waals surface area (Å²) in [6, 6.07) is 0. The van der Waals surface area contributed by atoms with Crippen LogP contribution in [0.3, 0.4) is 0 Å². The van der Waals surface area contributed by atoms with Gasteiger partial charge >= 0.3 is 0 Å². The van der Waals surface area contributed by atoms with E-state index in [2.05, 4.69) is 26.0 Å². The lowest BCUT2D eigenvalue weighted by molar-refractivity contribution is 0.115. The number of aliphatic hydroxyl groups excluding tert-OH is 2. The number of rotatable bonds is 6. The van der Waals surface area contributed by atoms with Crippen LogP contribution in [-0.2, 0) is 0 Å². The maximum absolute atomic E-state index is 9.31. The highest BCUT2D eigenvalue weighted by Gasteiger charge is 2.24. The number of unbranched alkanes of at least 4 members (excludes halogenated alkanes) is 1. The van der Waals surface area contributed by atoms with Crippen molar-refractivity contribution in [3.63, 3.8) is 0 Å². The van der Waals surface area contributed by atoms with E-state index in [0.717, 1.165) is 25.7 Å². The highest BCUT2D eigenvalue weighted by molar-refractivity contribution is 5.09. The fourth-order valence-electron chi connectivity index (χ4n) is 2.46. The van der Waals surface area contributed by atoms with Gasteiger partial charge in [0.25, 0.3) is 0 Å². The Labute approximate surface area is 105 Å². The standard InChI is InChI=1S/C15H26O2/c1-12(2)5-3-4-6-13-7-8-14(10-16)15(9-13)11-17/h5,7,14-17H,3-4,6,8-11H2,1-2H3. The number of allylic oxidation sites excluding steroid dienone is 4. The minimum absolute atomic E-state index is 0.201. The molecule has 0 aromatic carbocycles. The molecule has 2 nitrogen and oxygen atoms in total. The summed E-state index contributed by atoms with van der Waals surface area (Å²) < 4.78 is 0. The molecule has 2 heteroatoms. The van der Waals surface area contributed by atoms with E-state index in [9.17, 15) is 10.2 Å². The van der Waals surface area contributed by atoms with Gasteiger partial charge in [-0.15, -0.1) is 0 Å². The maximum atomic E-state index is 9.31. The van der Waals surface area contributed by atoms with Crippen LogP contribution in [0.4, 0.5) is 0 Å². The molecule has 0 bridgehead atoms. The Morgan fingerprint density at radius 2 is 2.00 bits per heavy atom. The average Bonchev–Trinajstić information content (AvgIpc) is 2.34. The highest BCUT2D eigenvalue weighted by Crippen LogP contribution is 2.31. The third-order valence-corrected chi connectivity index (χ3v) is 3.62. The quantitative estimate of drug-likeness (QED) is 0.551. The molecular formula is C15H26O2. The van der Waals surface area contributed by atoms with E-state index >= 15 is 0 Å². The second kappa shape index (κ2) is 7.67. The fraction of sp³-hybridized carbons (Fsp3) is 0.733. The largest absolute Gasteiger partial charge is 0.396 e. The second-order valence-corrected chi connectivity index (χ2v) is 5.36. The zero-order chi connectivity index (χ0) is 12.7. The SMILES string of the molecule is CC(C)=CCCCC1=CCC(CO)C(CO)C1. The Morgan fingerprint density at radius 1 is 1.29 bits per heavy atom. The van der Waals surface area contributed by atoms with Crippen LogP contribution in [0, 0.1) is 11.8 Å². The van der Waals surface area contributed by atoms with Crippen LogP contribution < -0.4 is 0 Å². The minimum atomic E-state index is 0.201. The Morgan fingerprint density at radius 3 is 2.59 bits per heavy atom. The summed E-state index contributed by atoms with van der Waals surface area (Å²) >= 11 is 0. The van der Waals surface area contributed by atoms with Crippen LogP contribution >= 0.6 is 0 Å². The van der Waals surface area contributed by atoms with Crippen LogP contribution in [0.15, 0.2) is 23.3 Å². The molecule has 0 heterocycles. The van der Waals surface area contributed by atoms with Gasteiger partial charge < -0.3 is 10.2 Å². The molecule has 0 aromatic rings. The Bertz CT molecular complexity index is 275. The van der Waals surface area contributed by atoms with Gasteiger partial charge in [-0.1, -0.05) is 23.3 Å². The highest BCUT2D eigenvalue weighted by atomic mass is 16.3. The fourth-order valence-corrected chi connectivity index (χ4v) is 2.46. The first-order valence-corrected chi connectivity index (χ1v) is 6.70. The third kappa shape index (κ3) is 5.05. The molecule has 1 aliphatic rings. The first kappa shape index (κ1) is 14.5. The average molecular weight is 238 g/mol. The lowest BCUT2D eigenvalue weighted by Crippen LogP contribution is -2.25. The first-order chi connectivity index (χ1) is 8.17. The van der Waals surface area contributed by atoms with Gasteiger partial charge in [-0.25, -0.2) is 0 Å².